The number of H-pyrrole nitrogens is 1. The van der Waals surface area contributed by atoms with Crippen molar-refractivity contribution < 1.29 is 52.6 Å². The molecule has 3 aromatic rings. The average Bonchev–Trinajstić information content (AvgIpc) is 3.88. The quantitative estimate of drug-likeness (QED) is 0.0563. The number of aromatic amines is 1. The summed E-state index contributed by atoms with van der Waals surface area (Å²) in [6.45, 7) is 4.29. The van der Waals surface area contributed by atoms with E-state index in [0.29, 0.717) is 37.1 Å². The second kappa shape index (κ2) is 21.5. The topological polar surface area (TPSA) is 292 Å². The number of hydrogen-bond donors (Lipinski definition) is 8. The van der Waals surface area contributed by atoms with Gasteiger partial charge in [0, 0.05) is 62.1 Å². The van der Waals surface area contributed by atoms with Crippen molar-refractivity contribution in [1.29, 1.82) is 0 Å². The number of primary amides is 1. The van der Waals surface area contributed by atoms with Gasteiger partial charge in [0.05, 0.1) is 27.7 Å². The number of nitrogens with one attached hydrogen (secondary N) is 6. The highest BCUT2D eigenvalue weighted by atomic mass is 35.5. The van der Waals surface area contributed by atoms with Gasteiger partial charge in [-0.3, -0.25) is 33.7 Å². The van der Waals surface area contributed by atoms with Gasteiger partial charge in [-0.2, -0.15) is 0 Å². The summed E-state index contributed by atoms with van der Waals surface area (Å²) in [5.74, 6) is -4.90. The van der Waals surface area contributed by atoms with Gasteiger partial charge in [-0.25, -0.2) is 18.8 Å². The SMILES string of the molecule is CC(C)C(NC(=O)CCCCCN1C(=O)C=CC1=O)C(=O)N[C@@H](CCCNC(N)=O)C(=O)Nc1ccc(COC(=O)N[C@@H]2CN(c3c(F)cc4c(=O)c(C(=O)O)c[nH]c4c3Cl)CC23CC3)cc1. The minimum atomic E-state index is -1.46. The molecule has 1 aromatic heterocycles. The van der Waals surface area contributed by atoms with Gasteiger partial charge in [-0.15, -0.1) is 0 Å². The number of alkyl carbamates (subject to hydrolysis) is 1. The van der Waals surface area contributed by atoms with Gasteiger partial charge < -0.3 is 52.0 Å². The zero-order chi connectivity index (χ0) is 48.6. The molecule has 9 N–H and O–H groups in total. The lowest BCUT2D eigenvalue weighted by molar-refractivity contribution is -0.137. The van der Waals surface area contributed by atoms with Crippen molar-refractivity contribution in [2.24, 2.45) is 17.1 Å². The number of unbranched alkanes of at least 4 members (excludes halogenated alkanes) is 2. The number of fused-ring (bicyclic) bond motifs is 1. The molecule has 2 aromatic carbocycles. The highest BCUT2D eigenvalue weighted by molar-refractivity contribution is 6.38. The minimum Gasteiger partial charge on any atom is -0.477 e. The molecule has 1 aliphatic carbocycles. The van der Waals surface area contributed by atoms with Crippen LogP contribution in [0.5, 0.6) is 0 Å². The van der Waals surface area contributed by atoms with Gasteiger partial charge in [-0.05, 0) is 68.2 Å². The number of halogens is 2. The summed E-state index contributed by atoms with van der Waals surface area (Å²) in [6, 6.07) is 4.17. The number of aromatic carboxylic acids is 1. The van der Waals surface area contributed by atoms with Crippen LogP contribution < -0.4 is 42.6 Å². The lowest BCUT2D eigenvalue weighted by Gasteiger charge is -2.25. The summed E-state index contributed by atoms with van der Waals surface area (Å²) in [5.41, 5.74) is 4.46. The summed E-state index contributed by atoms with van der Waals surface area (Å²) in [4.78, 5) is 117. The fraction of sp³-hybridized carbons (Fsp3) is 0.444. The number of nitrogens with zero attached hydrogens (tertiary/aromatic N) is 2. The standard InChI is InChI=1S/C45H53ClFN9O11/c1-24(2)36(54-32(57)8-4-3-5-18-56-33(58)13-14-34(56)59)41(62)52-30(7-6-17-49-43(48)65)40(61)51-26-11-9-25(10-12-26)22-67-44(66)53-31-21-55(23-45(31)15-16-45)38-29(47)19-27-37(35(38)46)50-20-28(39(27)60)42(63)64/h9-14,19-20,24,30-31,36H,3-8,15-18,21-23H2,1-2H3,(H,50,60)(H,51,61)(H,52,62)(H,53,66)(H,54,57)(H,63,64)(H3,48,49,65)/t30-,31+,36?/m0/s1. The normalized spacial score (nSPS) is 16.8. The molecule has 1 spiro atoms. The number of ether oxygens (including phenoxy) is 1. The first-order valence-corrected chi connectivity index (χ1v) is 22.3. The Morgan fingerprint density at radius 1 is 0.985 bits per heavy atom. The monoisotopic (exact) mass is 949 g/mol. The van der Waals surface area contributed by atoms with Crippen LogP contribution in [0.15, 0.2) is 53.5 Å². The summed E-state index contributed by atoms with van der Waals surface area (Å²) in [5, 5.41) is 22.6. The zero-order valence-corrected chi connectivity index (χ0v) is 37.6. The third kappa shape index (κ3) is 12.3. The van der Waals surface area contributed by atoms with E-state index in [1.807, 2.05) is 0 Å². The van der Waals surface area contributed by atoms with E-state index in [1.165, 1.54) is 12.2 Å². The number of benzene rings is 2. The molecular weight excluding hydrogens is 897 g/mol. The molecule has 3 atom stereocenters. The number of carbonyl (C=O) groups excluding carboxylic acids is 7. The Morgan fingerprint density at radius 3 is 2.33 bits per heavy atom. The predicted octanol–water partition coefficient (Wildman–Crippen LogP) is 3.41. The Balaban J connectivity index is 0.996. The lowest BCUT2D eigenvalue weighted by Crippen LogP contribution is -2.54. The van der Waals surface area contributed by atoms with E-state index in [0.717, 1.165) is 30.0 Å². The number of anilines is 2. The molecule has 0 bridgehead atoms. The molecule has 6 rings (SSSR count). The first kappa shape index (κ1) is 49.4. The number of amides is 8. The van der Waals surface area contributed by atoms with Crippen LogP contribution in [-0.4, -0.2) is 107 Å². The van der Waals surface area contributed by atoms with Gasteiger partial charge >= 0.3 is 18.1 Å². The number of hydrogen-bond acceptors (Lipinski definition) is 11. The van der Waals surface area contributed by atoms with E-state index in [2.05, 4.69) is 31.6 Å². The number of aromatic nitrogens is 1. The Hall–Kier alpha value is -7.03. The molecule has 20 nitrogen and oxygen atoms in total. The molecular formula is C45H53ClFN9O11. The van der Waals surface area contributed by atoms with Crippen molar-refractivity contribution in [3.8, 4) is 0 Å². The Labute approximate surface area is 388 Å². The molecule has 1 saturated carbocycles. The van der Waals surface area contributed by atoms with E-state index in [9.17, 15) is 48.3 Å². The summed E-state index contributed by atoms with van der Waals surface area (Å²) >= 11 is 6.60. The van der Waals surface area contributed by atoms with Gasteiger partial charge in [0.15, 0.2) is 0 Å². The number of rotatable bonds is 21. The highest BCUT2D eigenvalue weighted by Gasteiger charge is 2.56. The molecule has 67 heavy (non-hydrogen) atoms. The van der Waals surface area contributed by atoms with Crippen molar-refractivity contribution in [3.05, 3.63) is 80.9 Å². The molecule has 1 unspecified atom stereocenters. The molecule has 2 aliphatic heterocycles. The van der Waals surface area contributed by atoms with E-state index >= 15 is 4.39 Å². The van der Waals surface area contributed by atoms with Crippen LogP contribution in [0, 0.1) is 17.2 Å². The van der Waals surface area contributed by atoms with Gasteiger partial charge in [0.2, 0.25) is 23.2 Å². The van der Waals surface area contributed by atoms with Crippen molar-refractivity contribution in [1.82, 2.24) is 31.2 Å². The maximum atomic E-state index is 15.6. The van der Waals surface area contributed by atoms with Crippen LogP contribution in [-0.2, 0) is 35.3 Å². The fourth-order valence-corrected chi connectivity index (χ4v) is 8.56. The molecule has 1 saturated heterocycles. The van der Waals surface area contributed by atoms with Crippen LogP contribution in [0.3, 0.4) is 0 Å². The van der Waals surface area contributed by atoms with E-state index < -0.39 is 64.8 Å². The van der Waals surface area contributed by atoms with Crippen LogP contribution in [0.25, 0.3) is 10.9 Å². The van der Waals surface area contributed by atoms with Crippen LogP contribution in [0.2, 0.25) is 5.02 Å². The third-order valence-electron chi connectivity index (χ3n) is 12.1. The number of pyridine rings is 1. The van der Waals surface area contributed by atoms with Gasteiger partial charge in [0.25, 0.3) is 11.8 Å². The number of urea groups is 1. The Bertz CT molecular complexity index is 2510. The van der Waals surface area contributed by atoms with Gasteiger partial charge in [0.1, 0.15) is 30.1 Å². The molecule has 358 valence electrons. The highest BCUT2D eigenvalue weighted by Crippen LogP contribution is 2.54. The summed E-state index contributed by atoms with van der Waals surface area (Å²) in [7, 11) is 0. The Kier molecular flexibility index (Phi) is 15.9. The number of nitrogens with two attached hydrogens (primary N) is 1. The summed E-state index contributed by atoms with van der Waals surface area (Å²) in [6.07, 6.45) is 6.26. The smallest absolute Gasteiger partial charge is 0.407 e. The molecule has 0 radical (unpaired) electrons. The number of imide groups is 1. The zero-order valence-electron chi connectivity index (χ0n) is 36.9. The largest absolute Gasteiger partial charge is 0.477 e. The summed E-state index contributed by atoms with van der Waals surface area (Å²) < 4.78 is 21.1. The van der Waals surface area contributed by atoms with Crippen LogP contribution >= 0.6 is 11.6 Å². The fourth-order valence-electron chi connectivity index (χ4n) is 8.20. The van der Waals surface area contributed by atoms with Crippen LogP contribution in [0.4, 0.5) is 25.4 Å². The van der Waals surface area contributed by atoms with Crippen molar-refractivity contribution in [2.75, 3.05) is 36.4 Å². The van der Waals surface area contributed by atoms with Crippen molar-refractivity contribution in [3.63, 3.8) is 0 Å². The van der Waals surface area contributed by atoms with Crippen LogP contribution in [0.1, 0.15) is 81.1 Å². The molecule has 8 amide bonds. The first-order valence-electron chi connectivity index (χ1n) is 21.9. The van der Waals surface area contributed by atoms with Crippen molar-refractivity contribution in [2.45, 2.75) is 89.9 Å². The third-order valence-corrected chi connectivity index (χ3v) is 12.4. The number of carbonyl (C=O) groups is 8. The number of carboxylic acid groups (broad SMARTS) is 1. The second-order valence-electron chi connectivity index (χ2n) is 17.2. The lowest BCUT2D eigenvalue weighted by atomic mass is 10.0. The average molecular weight is 950 g/mol. The maximum Gasteiger partial charge on any atom is 0.407 e. The van der Waals surface area contributed by atoms with Crippen molar-refractivity contribution >= 4 is 81.5 Å². The maximum absolute atomic E-state index is 15.6. The minimum absolute atomic E-state index is 0.0222. The molecule has 3 aliphatic rings. The molecule has 3 heterocycles. The first-order chi connectivity index (χ1) is 31.9. The second-order valence-corrected chi connectivity index (χ2v) is 17.6. The van der Waals surface area contributed by atoms with E-state index in [1.54, 1.807) is 43.0 Å². The Morgan fingerprint density at radius 2 is 1.69 bits per heavy atom. The predicted molar refractivity (Wildman–Crippen MR) is 242 cm³/mol. The van der Waals surface area contributed by atoms with Gasteiger partial charge in [-0.1, -0.05) is 44.0 Å². The van der Waals surface area contributed by atoms with E-state index in [4.69, 9.17) is 22.1 Å². The molecule has 22 heteroatoms. The molecule has 2 fully saturated rings. The number of carboxylic acids is 1. The van der Waals surface area contributed by atoms with E-state index in [-0.39, 0.29) is 96.2 Å².